The minimum atomic E-state index is -0.938. The molecule has 1 rings (SSSR count). The van der Waals surface area contributed by atoms with E-state index >= 15 is 0 Å². The molecule has 16 heavy (non-hydrogen) atoms. The molecule has 0 spiro atoms. The van der Waals surface area contributed by atoms with Gasteiger partial charge in [-0.1, -0.05) is 29.3 Å². The molecule has 0 aliphatic carbocycles. The molecule has 5 heteroatoms. The number of rotatable bonds is 4. The van der Waals surface area contributed by atoms with E-state index in [9.17, 15) is 4.79 Å². The topological polar surface area (TPSA) is 49.3 Å². The monoisotopic (exact) mass is 261 g/mol. The van der Waals surface area contributed by atoms with E-state index < -0.39 is 12.0 Å². The predicted octanol–water partition coefficient (Wildman–Crippen LogP) is 3.12. The first-order chi connectivity index (χ1) is 7.41. The standard InChI is InChI=1S/C11H13Cl2NO2/c1-6(2)14-10(11(15)16)7-3-4-8(12)9(13)5-7/h3-6,10,14H,1-2H3,(H,15,16). The van der Waals surface area contributed by atoms with Crippen LogP contribution in [-0.4, -0.2) is 17.1 Å². The summed E-state index contributed by atoms with van der Waals surface area (Å²) in [6, 6.07) is 4.11. The van der Waals surface area contributed by atoms with Crippen LogP contribution in [0.25, 0.3) is 0 Å². The smallest absolute Gasteiger partial charge is 0.325 e. The summed E-state index contributed by atoms with van der Waals surface area (Å²) in [6.45, 7) is 3.76. The molecule has 0 saturated carbocycles. The van der Waals surface area contributed by atoms with Gasteiger partial charge in [-0.15, -0.1) is 0 Å². The second-order valence-corrected chi connectivity index (χ2v) is 4.58. The number of carbonyl (C=O) groups is 1. The molecular weight excluding hydrogens is 249 g/mol. The summed E-state index contributed by atoms with van der Waals surface area (Å²) in [5, 5.41) is 12.8. The first kappa shape index (κ1) is 13.3. The summed E-state index contributed by atoms with van der Waals surface area (Å²) >= 11 is 11.6. The summed E-state index contributed by atoms with van der Waals surface area (Å²) in [6.07, 6.45) is 0. The highest BCUT2D eigenvalue weighted by atomic mass is 35.5. The molecule has 0 radical (unpaired) electrons. The first-order valence-electron chi connectivity index (χ1n) is 4.85. The van der Waals surface area contributed by atoms with Crippen molar-refractivity contribution in [1.82, 2.24) is 5.32 Å². The number of carboxylic acid groups (broad SMARTS) is 1. The van der Waals surface area contributed by atoms with E-state index in [0.717, 1.165) is 0 Å². The maximum Gasteiger partial charge on any atom is 0.325 e. The molecule has 0 saturated heterocycles. The molecule has 1 aromatic carbocycles. The van der Waals surface area contributed by atoms with Crippen molar-refractivity contribution in [3.8, 4) is 0 Å². The van der Waals surface area contributed by atoms with Crippen molar-refractivity contribution in [2.24, 2.45) is 0 Å². The maximum atomic E-state index is 11.1. The Hall–Kier alpha value is -0.770. The van der Waals surface area contributed by atoms with E-state index in [0.29, 0.717) is 15.6 Å². The zero-order valence-corrected chi connectivity index (χ0v) is 10.5. The lowest BCUT2D eigenvalue weighted by molar-refractivity contribution is -0.139. The first-order valence-corrected chi connectivity index (χ1v) is 5.61. The molecule has 2 N–H and O–H groups in total. The van der Waals surface area contributed by atoms with Gasteiger partial charge in [-0.25, -0.2) is 0 Å². The fraction of sp³-hybridized carbons (Fsp3) is 0.364. The Labute approximate surface area is 104 Å². The van der Waals surface area contributed by atoms with Crippen LogP contribution in [0, 0.1) is 0 Å². The summed E-state index contributed by atoms with van der Waals surface area (Å²) in [7, 11) is 0. The third kappa shape index (κ3) is 3.37. The van der Waals surface area contributed by atoms with E-state index in [1.807, 2.05) is 13.8 Å². The molecule has 0 aliphatic heterocycles. The minimum absolute atomic E-state index is 0.0653. The van der Waals surface area contributed by atoms with E-state index in [2.05, 4.69) is 5.32 Å². The molecule has 0 bridgehead atoms. The van der Waals surface area contributed by atoms with E-state index in [1.165, 1.54) is 0 Å². The van der Waals surface area contributed by atoms with Crippen LogP contribution >= 0.6 is 23.2 Å². The van der Waals surface area contributed by atoms with Gasteiger partial charge >= 0.3 is 5.97 Å². The third-order valence-electron chi connectivity index (χ3n) is 2.02. The van der Waals surface area contributed by atoms with Crippen LogP contribution in [0.4, 0.5) is 0 Å². The highest BCUT2D eigenvalue weighted by Gasteiger charge is 2.20. The Morgan fingerprint density at radius 1 is 1.31 bits per heavy atom. The lowest BCUT2D eigenvalue weighted by Gasteiger charge is -2.17. The number of hydrogen-bond acceptors (Lipinski definition) is 2. The predicted molar refractivity (Wildman–Crippen MR) is 65.1 cm³/mol. The maximum absolute atomic E-state index is 11.1. The van der Waals surface area contributed by atoms with E-state index in [-0.39, 0.29) is 6.04 Å². The van der Waals surface area contributed by atoms with E-state index in [4.69, 9.17) is 28.3 Å². The summed E-state index contributed by atoms with van der Waals surface area (Å²) in [5.41, 5.74) is 0.593. The van der Waals surface area contributed by atoms with Gasteiger partial charge in [-0.2, -0.15) is 0 Å². The Balaban J connectivity index is 3.01. The van der Waals surface area contributed by atoms with Crippen molar-refractivity contribution >= 4 is 29.2 Å². The zero-order valence-electron chi connectivity index (χ0n) is 9.00. The Morgan fingerprint density at radius 2 is 1.94 bits per heavy atom. The van der Waals surface area contributed by atoms with E-state index in [1.54, 1.807) is 18.2 Å². The summed E-state index contributed by atoms with van der Waals surface area (Å²) in [5.74, 6) is -0.938. The molecule has 1 unspecified atom stereocenters. The van der Waals surface area contributed by atoms with Crippen LogP contribution in [0.1, 0.15) is 25.5 Å². The minimum Gasteiger partial charge on any atom is -0.480 e. The fourth-order valence-corrected chi connectivity index (χ4v) is 1.64. The van der Waals surface area contributed by atoms with Crippen molar-refractivity contribution in [3.63, 3.8) is 0 Å². The van der Waals surface area contributed by atoms with Gasteiger partial charge < -0.3 is 5.11 Å². The molecular formula is C11H13Cl2NO2. The number of aliphatic carboxylic acids is 1. The van der Waals surface area contributed by atoms with Gasteiger partial charge in [0.25, 0.3) is 0 Å². The lowest BCUT2D eigenvalue weighted by atomic mass is 10.1. The number of nitrogens with one attached hydrogen (secondary N) is 1. The van der Waals surface area contributed by atoms with Crippen LogP contribution < -0.4 is 5.32 Å². The van der Waals surface area contributed by atoms with Crippen molar-refractivity contribution < 1.29 is 9.90 Å². The SMILES string of the molecule is CC(C)NC(C(=O)O)c1ccc(Cl)c(Cl)c1. The molecule has 0 heterocycles. The van der Waals surface area contributed by atoms with Crippen molar-refractivity contribution in [2.45, 2.75) is 25.9 Å². The molecule has 1 atom stereocenters. The average Bonchev–Trinajstić information content (AvgIpc) is 2.18. The summed E-state index contributed by atoms with van der Waals surface area (Å²) in [4.78, 5) is 11.1. The number of carboxylic acids is 1. The third-order valence-corrected chi connectivity index (χ3v) is 2.76. The van der Waals surface area contributed by atoms with Gasteiger partial charge in [0, 0.05) is 6.04 Å². The van der Waals surface area contributed by atoms with Gasteiger partial charge in [-0.05, 0) is 31.5 Å². The molecule has 3 nitrogen and oxygen atoms in total. The molecule has 0 aliphatic rings. The Kier molecular flexibility index (Phi) is 4.59. The normalized spacial score (nSPS) is 12.8. The average molecular weight is 262 g/mol. The summed E-state index contributed by atoms with van der Waals surface area (Å²) < 4.78 is 0. The molecule has 0 fully saturated rings. The molecule has 0 amide bonds. The highest BCUT2D eigenvalue weighted by molar-refractivity contribution is 6.42. The van der Waals surface area contributed by atoms with Crippen LogP contribution in [0.15, 0.2) is 18.2 Å². The quantitative estimate of drug-likeness (QED) is 0.876. The van der Waals surface area contributed by atoms with Gasteiger partial charge in [-0.3, -0.25) is 10.1 Å². The van der Waals surface area contributed by atoms with Gasteiger partial charge in [0.15, 0.2) is 0 Å². The second-order valence-electron chi connectivity index (χ2n) is 3.77. The van der Waals surface area contributed by atoms with Gasteiger partial charge in [0.2, 0.25) is 0 Å². The zero-order chi connectivity index (χ0) is 12.3. The Bertz CT molecular complexity index is 394. The highest BCUT2D eigenvalue weighted by Crippen LogP contribution is 2.26. The number of hydrogen-bond donors (Lipinski definition) is 2. The van der Waals surface area contributed by atoms with Crippen molar-refractivity contribution in [2.75, 3.05) is 0 Å². The molecule has 88 valence electrons. The fourth-order valence-electron chi connectivity index (χ4n) is 1.34. The van der Waals surface area contributed by atoms with Crippen molar-refractivity contribution in [1.29, 1.82) is 0 Å². The van der Waals surface area contributed by atoms with Gasteiger partial charge in [0.05, 0.1) is 10.0 Å². The van der Waals surface area contributed by atoms with Crippen LogP contribution in [-0.2, 0) is 4.79 Å². The molecule has 1 aromatic rings. The lowest BCUT2D eigenvalue weighted by Crippen LogP contribution is -2.33. The largest absolute Gasteiger partial charge is 0.480 e. The van der Waals surface area contributed by atoms with Gasteiger partial charge in [0.1, 0.15) is 6.04 Å². The Morgan fingerprint density at radius 3 is 2.38 bits per heavy atom. The van der Waals surface area contributed by atoms with Crippen molar-refractivity contribution in [3.05, 3.63) is 33.8 Å². The van der Waals surface area contributed by atoms with Crippen LogP contribution in [0.5, 0.6) is 0 Å². The van der Waals surface area contributed by atoms with Crippen LogP contribution in [0.3, 0.4) is 0 Å². The molecule has 0 aromatic heterocycles. The second kappa shape index (κ2) is 5.53. The number of benzene rings is 1. The van der Waals surface area contributed by atoms with Crippen LogP contribution in [0.2, 0.25) is 10.0 Å². The number of halogens is 2.